The average Bonchev–Trinajstić information content (AvgIpc) is 3.17. The van der Waals surface area contributed by atoms with E-state index in [-0.39, 0.29) is 16.9 Å². The molecule has 1 aliphatic rings. The van der Waals surface area contributed by atoms with Crippen molar-refractivity contribution < 1.29 is 30.0 Å². The first-order chi connectivity index (χ1) is 25.7. The number of likely N-dealkylation sites (tertiary alicyclic amines) is 1. The summed E-state index contributed by atoms with van der Waals surface area (Å²) in [6.45, 7) is 4.30. The molecule has 0 aliphatic carbocycles. The smallest absolute Gasteiger partial charge is 0.345 e. The highest BCUT2D eigenvalue weighted by atomic mass is 16.5. The summed E-state index contributed by atoms with van der Waals surface area (Å²) >= 11 is 0. The number of benzene rings is 4. The fourth-order valence-electron chi connectivity index (χ4n) is 7.37. The van der Waals surface area contributed by atoms with E-state index < -0.39 is 17.7 Å². The lowest BCUT2D eigenvalue weighted by Crippen LogP contribution is -2.38. The van der Waals surface area contributed by atoms with Crippen molar-refractivity contribution in [2.45, 2.75) is 56.8 Å². The molecule has 10 nitrogen and oxygen atoms in total. The third-order valence-electron chi connectivity index (χ3n) is 10.3. The summed E-state index contributed by atoms with van der Waals surface area (Å²) in [6.07, 6.45) is 4.38. The summed E-state index contributed by atoms with van der Waals surface area (Å²) in [5.41, 5.74) is 1.16. The van der Waals surface area contributed by atoms with Crippen LogP contribution in [0, 0.1) is 5.92 Å². The molecule has 2 heterocycles. The number of pyridine rings is 1. The molecule has 1 fully saturated rings. The predicted molar refractivity (Wildman–Crippen MR) is 205 cm³/mol. The van der Waals surface area contributed by atoms with Gasteiger partial charge in [-0.25, -0.2) is 4.79 Å². The molecule has 0 amide bonds. The van der Waals surface area contributed by atoms with Crippen LogP contribution in [0.2, 0.25) is 0 Å². The van der Waals surface area contributed by atoms with E-state index in [1.54, 1.807) is 48.5 Å². The molecule has 6 N–H and O–H groups in total. The Hall–Kier alpha value is -5.00. The Morgan fingerprint density at radius 3 is 2.49 bits per heavy atom. The summed E-state index contributed by atoms with van der Waals surface area (Å²) < 4.78 is 6.01. The van der Waals surface area contributed by atoms with E-state index in [0.717, 1.165) is 57.3 Å². The van der Waals surface area contributed by atoms with Gasteiger partial charge in [-0.05, 0) is 105 Å². The van der Waals surface area contributed by atoms with Crippen LogP contribution in [0.15, 0.2) is 108 Å². The van der Waals surface area contributed by atoms with Crippen molar-refractivity contribution >= 4 is 16.9 Å². The number of phenolic OH excluding ortho intramolecular Hbond substituents is 1. The molecular weight excluding hydrogens is 670 g/mol. The number of nitrogens with one attached hydrogen (secondary N) is 2. The molecule has 1 unspecified atom stereocenters. The lowest BCUT2D eigenvalue weighted by Gasteiger charge is -2.33. The highest BCUT2D eigenvalue weighted by Crippen LogP contribution is 2.36. The second-order valence-corrected chi connectivity index (χ2v) is 14.0. The molecule has 10 heteroatoms. The van der Waals surface area contributed by atoms with Crippen molar-refractivity contribution in [1.29, 1.82) is 0 Å². The number of H-pyrrole nitrogens is 1. The van der Waals surface area contributed by atoms with Crippen molar-refractivity contribution in [3.05, 3.63) is 141 Å². The molecule has 0 saturated carbocycles. The van der Waals surface area contributed by atoms with Crippen molar-refractivity contribution in [2.75, 3.05) is 32.8 Å². The van der Waals surface area contributed by atoms with Crippen LogP contribution in [0.25, 0.3) is 10.9 Å². The lowest BCUT2D eigenvalue weighted by molar-refractivity contribution is -0.155. The Balaban J connectivity index is 0.983. The Morgan fingerprint density at radius 1 is 0.925 bits per heavy atom. The van der Waals surface area contributed by atoms with Gasteiger partial charge >= 0.3 is 5.97 Å². The molecule has 278 valence electrons. The van der Waals surface area contributed by atoms with E-state index in [9.17, 15) is 30.0 Å². The van der Waals surface area contributed by atoms with Crippen molar-refractivity contribution in [1.82, 2.24) is 15.2 Å². The molecule has 1 aliphatic heterocycles. The number of nitrogens with zero attached hydrogens (tertiary/aromatic N) is 1. The molecule has 53 heavy (non-hydrogen) atoms. The van der Waals surface area contributed by atoms with E-state index in [0.29, 0.717) is 59.8 Å². The third kappa shape index (κ3) is 9.33. The summed E-state index contributed by atoms with van der Waals surface area (Å²) in [5.74, 6) is -0.487. The van der Waals surface area contributed by atoms with Crippen molar-refractivity contribution in [3.8, 4) is 11.5 Å². The number of fused-ring (bicyclic) bond motifs is 1. The zero-order valence-corrected chi connectivity index (χ0v) is 29.9. The Morgan fingerprint density at radius 2 is 1.70 bits per heavy atom. The minimum absolute atomic E-state index is 0.0460. The largest absolute Gasteiger partial charge is 0.506 e. The summed E-state index contributed by atoms with van der Waals surface area (Å²) in [6, 6.07) is 30.7. The van der Waals surface area contributed by atoms with Gasteiger partial charge in [-0.15, -0.1) is 0 Å². The summed E-state index contributed by atoms with van der Waals surface area (Å²) in [4.78, 5) is 29.6. The van der Waals surface area contributed by atoms with Gasteiger partial charge in [-0.2, -0.15) is 0 Å². The number of hydrogen-bond donors (Lipinski definition) is 6. The monoisotopic (exact) mass is 719 g/mol. The molecule has 0 spiro atoms. The van der Waals surface area contributed by atoms with Gasteiger partial charge in [-0.3, -0.25) is 9.69 Å². The summed E-state index contributed by atoms with van der Waals surface area (Å²) in [7, 11) is 0. The molecule has 0 bridgehead atoms. The first-order valence-corrected chi connectivity index (χ1v) is 18.5. The molecule has 0 radical (unpaired) electrons. The highest BCUT2D eigenvalue weighted by molar-refractivity contribution is 5.87. The molecular formula is C43H49N3O7. The number of unbranched alkanes of at least 4 members (excludes halogenated alkanes) is 2. The second-order valence-electron chi connectivity index (χ2n) is 14.0. The van der Waals surface area contributed by atoms with Gasteiger partial charge in [0.25, 0.3) is 0 Å². The number of aromatic amines is 1. The van der Waals surface area contributed by atoms with Gasteiger partial charge in [0.15, 0.2) is 0 Å². The van der Waals surface area contributed by atoms with E-state index in [4.69, 9.17) is 4.74 Å². The number of aromatic nitrogens is 1. The van der Waals surface area contributed by atoms with Crippen LogP contribution in [-0.4, -0.2) is 69.1 Å². The maximum Gasteiger partial charge on any atom is 0.345 e. The number of carboxylic acid groups (broad SMARTS) is 1. The topological polar surface area (TPSA) is 155 Å². The third-order valence-corrected chi connectivity index (χ3v) is 10.3. The van der Waals surface area contributed by atoms with Crippen molar-refractivity contribution in [2.24, 2.45) is 5.92 Å². The Kier molecular flexibility index (Phi) is 12.6. The normalized spacial score (nSPS) is 15.6. The number of carbonyl (C=O) groups is 1. The number of phenols is 1. The second kappa shape index (κ2) is 17.7. The van der Waals surface area contributed by atoms with E-state index in [2.05, 4.69) is 39.5 Å². The lowest BCUT2D eigenvalue weighted by atomic mass is 9.80. The number of ether oxygens (including phenoxy) is 1. The van der Waals surface area contributed by atoms with E-state index in [1.807, 2.05) is 18.2 Å². The minimum Gasteiger partial charge on any atom is -0.506 e. The van der Waals surface area contributed by atoms with Gasteiger partial charge < -0.3 is 35.5 Å². The number of piperidine rings is 1. The van der Waals surface area contributed by atoms with Crippen molar-refractivity contribution in [3.63, 3.8) is 0 Å². The number of rotatable bonds is 17. The van der Waals surface area contributed by atoms with Crippen LogP contribution in [0.5, 0.6) is 11.5 Å². The number of aliphatic hydroxyl groups is 2. The molecule has 5 aromatic rings. The Labute approximate surface area is 309 Å². The van der Waals surface area contributed by atoms with Crippen LogP contribution < -0.4 is 15.6 Å². The number of aliphatic carboxylic acids is 1. The van der Waals surface area contributed by atoms with E-state index >= 15 is 0 Å². The zero-order valence-electron chi connectivity index (χ0n) is 29.9. The number of aromatic hydroxyl groups is 1. The Bertz CT molecular complexity index is 2030. The van der Waals surface area contributed by atoms with Gasteiger partial charge in [0, 0.05) is 35.7 Å². The molecule has 1 aromatic heterocycles. The van der Waals surface area contributed by atoms with Crippen LogP contribution >= 0.6 is 0 Å². The highest BCUT2D eigenvalue weighted by Gasteiger charge is 2.42. The van der Waals surface area contributed by atoms with Crippen LogP contribution in [0.4, 0.5) is 0 Å². The first kappa shape index (κ1) is 37.7. The number of hydrogen-bond acceptors (Lipinski definition) is 8. The SMILES string of the molecule is O=C(O)C(O)(c1cccc(OCCCCCNC[C@H](O)c2ccc(O)c3[nH]c(=O)ccc23)c1)c1ccccc1CC1CCN(Cc2ccccc2)CC1. The van der Waals surface area contributed by atoms with Gasteiger partial charge in [0.2, 0.25) is 11.2 Å². The maximum atomic E-state index is 12.8. The number of carboxylic acids is 1. The number of aliphatic hydroxyl groups excluding tert-OH is 1. The molecule has 2 atom stereocenters. The average molecular weight is 720 g/mol. The zero-order chi connectivity index (χ0) is 37.2. The standard InChI is InChI=1S/C43H49N3O7/c47-38-18-16-35(36-17-19-40(49)45-41(36)38)39(48)28-44-22-7-2-8-25-53-34-14-9-13-33(27-34)43(52,42(50)51)37-15-6-5-12-32(37)26-30-20-23-46(24-21-30)29-31-10-3-1-4-11-31/h1,3-6,9-19,27,30,39,44,47-48,52H,2,7-8,20-26,28-29H2,(H,45,49)(H,50,51)/t39-,43?/m0/s1. The molecule has 4 aromatic carbocycles. The predicted octanol–water partition coefficient (Wildman–Crippen LogP) is 5.88. The van der Waals surface area contributed by atoms with Gasteiger partial charge in [0.1, 0.15) is 11.5 Å². The quantitative estimate of drug-likeness (QED) is 0.0647. The van der Waals surface area contributed by atoms with E-state index in [1.165, 1.54) is 17.7 Å². The molecule has 6 rings (SSSR count). The van der Waals surface area contributed by atoms with Crippen LogP contribution in [0.3, 0.4) is 0 Å². The van der Waals surface area contributed by atoms with Crippen LogP contribution in [0.1, 0.15) is 66.0 Å². The first-order valence-electron chi connectivity index (χ1n) is 18.5. The fraction of sp³-hybridized carbons (Fsp3) is 0.349. The molecule has 1 saturated heterocycles. The maximum absolute atomic E-state index is 12.8. The summed E-state index contributed by atoms with van der Waals surface area (Å²) in [5, 5.41) is 47.1. The van der Waals surface area contributed by atoms with Gasteiger partial charge in [0.05, 0.1) is 18.2 Å². The van der Waals surface area contributed by atoms with Crippen LogP contribution in [-0.2, 0) is 23.4 Å². The van der Waals surface area contributed by atoms with Gasteiger partial charge in [-0.1, -0.05) is 72.8 Å². The fourth-order valence-corrected chi connectivity index (χ4v) is 7.37. The minimum atomic E-state index is -2.23.